The van der Waals surface area contributed by atoms with Gasteiger partial charge in [0.2, 0.25) is 11.8 Å². The molecule has 0 radical (unpaired) electrons. The summed E-state index contributed by atoms with van der Waals surface area (Å²) >= 11 is 19.2. The van der Waals surface area contributed by atoms with Gasteiger partial charge in [0, 0.05) is 21.5 Å². The number of aliphatic hydroxyl groups is 1. The molecular weight excluding hydrogens is 765 g/mol. The van der Waals surface area contributed by atoms with Gasteiger partial charge in [-0.2, -0.15) is 5.01 Å². The van der Waals surface area contributed by atoms with Crippen molar-refractivity contribution in [3.8, 4) is 11.5 Å². The van der Waals surface area contributed by atoms with Crippen LogP contribution in [0.4, 0.5) is 11.4 Å². The van der Waals surface area contributed by atoms with E-state index in [4.69, 9.17) is 44.3 Å². The Kier molecular flexibility index (Phi) is 9.66. The Bertz CT molecular complexity index is 2280. The monoisotopic (exact) mass is 799 g/mol. The first kappa shape index (κ1) is 37.1. The molecule has 0 spiro atoms. The number of aliphatic hydroxyl groups excluding tert-OH is 1. The predicted octanol–water partition coefficient (Wildman–Crippen LogP) is 7.52. The number of ether oxygens (including phenoxy) is 2. The smallest absolute Gasteiger partial charge is 0.260 e. The molecule has 2 aliphatic heterocycles. The number of allylic oxidation sites excluding steroid dienone is 2. The summed E-state index contributed by atoms with van der Waals surface area (Å²) in [5.74, 6) is -4.80. The van der Waals surface area contributed by atoms with Crippen molar-refractivity contribution in [2.24, 2.45) is 23.7 Å². The summed E-state index contributed by atoms with van der Waals surface area (Å²) < 4.78 is 11.6. The predicted molar refractivity (Wildman–Crippen MR) is 208 cm³/mol. The zero-order valence-corrected chi connectivity index (χ0v) is 32.1. The van der Waals surface area contributed by atoms with E-state index in [0.29, 0.717) is 44.0 Å². The average molecular weight is 801 g/mol. The van der Waals surface area contributed by atoms with Crippen molar-refractivity contribution in [2.75, 3.05) is 30.6 Å². The Labute approximate surface area is 332 Å². The minimum atomic E-state index is -1.57. The highest BCUT2D eigenvalue weighted by atomic mass is 35.5. The van der Waals surface area contributed by atoms with Crippen molar-refractivity contribution in [3.63, 3.8) is 0 Å². The van der Waals surface area contributed by atoms with Gasteiger partial charge in [-0.05, 0) is 85.3 Å². The molecule has 13 heteroatoms. The Morgan fingerprint density at radius 1 is 0.873 bits per heavy atom. The molecule has 0 bridgehead atoms. The summed E-state index contributed by atoms with van der Waals surface area (Å²) in [5, 5.41) is 11.8. The number of nitrogens with zero attached hydrogens (tertiary/aromatic N) is 2. The molecule has 4 amide bonds. The van der Waals surface area contributed by atoms with Gasteiger partial charge in [0.15, 0.2) is 0 Å². The topological polar surface area (TPSA) is 125 Å². The molecule has 2 aliphatic carbocycles. The van der Waals surface area contributed by atoms with Gasteiger partial charge >= 0.3 is 0 Å². The molecule has 2 heterocycles. The zero-order valence-electron chi connectivity index (χ0n) is 29.8. The summed E-state index contributed by atoms with van der Waals surface area (Å²) in [5.41, 5.74) is 4.82. The quantitative estimate of drug-likeness (QED) is 0.132. The largest absolute Gasteiger partial charge is 0.497 e. The fourth-order valence-corrected chi connectivity index (χ4v) is 9.79. The fourth-order valence-electron chi connectivity index (χ4n) is 9.17. The van der Waals surface area contributed by atoms with E-state index in [2.05, 4.69) is 5.43 Å². The summed E-state index contributed by atoms with van der Waals surface area (Å²) in [6.45, 7) is 1.56. The molecule has 4 aromatic carbocycles. The van der Waals surface area contributed by atoms with Crippen LogP contribution in [0.3, 0.4) is 0 Å². The number of hydrazine groups is 1. The third kappa shape index (κ3) is 5.80. The molecule has 10 nitrogen and oxygen atoms in total. The van der Waals surface area contributed by atoms with E-state index in [-0.39, 0.29) is 42.9 Å². The number of halogens is 3. The van der Waals surface area contributed by atoms with Crippen LogP contribution in [0.15, 0.2) is 96.6 Å². The maximum Gasteiger partial charge on any atom is 0.260 e. The lowest BCUT2D eigenvalue weighted by molar-refractivity contribution is -0.138. The number of hydrogen-bond acceptors (Lipinski definition) is 8. The number of nitrogens with one attached hydrogen (secondary N) is 1. The lowest BCUT2D eigenvalue weighted by Gasteiger charge is -2.50. The molecule has 55 heavy (non-hydrogen) atoms. The second-order valence-electron chi connectivity index (χ2n) is 14.3. The minimum absolute atomic E-state index is 0.0213. The highest BCUT2D eigenvalue weighted by Gasteiger charge is 2.70. The standard InChI is InChI=1S/C42H36Cl3N3O7/c1-22-7-11-25(20-32(22)44)47-38(50)29-15-14-27-30(36(29)40(47)52)21-31-39(51)48(46-34-16-10-24(43)19-33(34)45)41(53)42(31,23-8-12-26(54-2)13-9-23)37(27)28-5-3-4-6-35(28)55-18-17-49/h3-14,16,19-20,29-31,36-37,46,49H,15,17-18,21H2,1-2H3. The highest BCUT2D eigenvalue weighted by Crippen LogP contribution is 2.65. The summed E-state index contributed by atoms with van der Waals surface area (Å²) in [6, 6.07) is 24.1. The van der Waals surface area contributed by atoms with E-state index < -0.39 is 46.8 Å². The number of imide groups is 2. The minimum Gasteiger partial charge on any atom is -0.497 e. The number of methoxy groups -OCH3 is 1. The van der Waals surface area contributed by atoms with Crippen LogP contribution in [0.2, 0.25) is 15.1 Å². The summed E-state index contributed by atoms with van der Waals surface area (Å²) in [4.78, 5) is 60.6. The number of fused-ring (bicyclic) bond motifs is 4. The number of carbonyl (C=O) groups excluding carboxylic acids is 4. The third-order valence-electron chi connectivity index (χ3n) is 11.6. The fraction of sp³-hybridized carbons (Fsp3) is 0.286. The molecule has 8 rings (SSSR count). The van der Waals surface area contributed by atoms with Crippen molar-refractivity contribution in [1.29, 1.82) is 0 Å². The van der Waals surface area contributed by atoms with Gasteiger partial charge in [0.25, 0.3) is 11.8 Å². The van der Waals surface area contributed by atoms with E-state index in [1.807, 2.05) is 25.1 Å². The molecule has 0 aromatic heterocycles. The van der Waals surface area contributed by atoms with Gasteiger partial charge in [-0.15, -0.1) is 0 Å². The number of carbonyl (C=O) groups is 4. The van der Waals surface area contributed by atoms with Crippen LogP contribution in [0.5, 0.6) is 11.5 Å². The first-order chi connectivity index (χ1) is 26.5. The zero-order chi connectivity index (χ0) is 38.8. The molecule has 4 aliphatic rings. The van der Waals surface area contributed by atoms with Gasteiger partial charge in [0.1, 0.15) is 18.1 Å². The van der Waals surface area contributed by atoms with E-state index >= 15 is 9.59 Å². The highest BCUT2D eigenvalue weighted by molar-refractivity contribution is 6.36. The molecule has 6 atom stereocenters. The molecule has 1 saturated carbocycles. The van der Waals surface area contributed by atoms with Crippen LogP contribution in [-0.4, -0.2) is 54.1 Å². The van der Waals surface area contributed by atoms with Crippen LogP contribution >= 0.6 is 34.8 Å². The van der Waals surface area contributed by atoms with Crippen LogP contribution in [0.1, 0.15) is 35.4 Å². The summed E-state index contributed by atoms with van der Waals surface area (Å²) in [6.07, 6.45) is 2.30. The van der Waals surface area contributed by atoms with Gasteiger partial charge in [-0.25, -0.2) is 4.90 Å². The SMILES string of the molecule is COc1ccc(C23C(=O)N(Nc4ccc(Cl)cc4Cl)C(=O)C2CC2C(=CCC4C(=O)N(c5ccc(C)c(Cl)c5)C(=O)C42)C3c2ccccc2OCCO)cc1. The second kappa shape index (κ2) is 14.3. The van der Waals surface area contributed by atoms with Gasteiger partial charge in [-0.1, -0.05) is 82.9 Å². The van der Waals surface area contributed by atoms with E-state index in [9.17, 15) is 14.7 Å². The second-order valence-corrected chi connectivity index (χ2v) is 15.5. The maximum absolute atomic E-state index is 15.5. The number of amides is 4. The lowest BCUT2D eigenvalue weighted by atomic mass is 9.49. The van der Waals surface area contributed by atoms with Crippen molar-refractivity contribution >= 4 is 69.8 Å². The number of hydrogen-bond donors (Lipinski definition) is 2. The Hall–Kier alpha value is -4.87. The normalized spacial score (nSPS) is 25.7. The van der Waals surface area contributed by atoms with Crippen LogP contribution < -0.4 is 19.8 Å². The van der Waals surface area contributed by atoms with Crippen molar-refractivity contribution in [2.45, 2.75) is 31.1 Å². The van der Waals surface area contributed by atoms with Crippen molar-refractivity contribution in [1.82, 2.24) is 5.01 Å². The van der Waals surface area contributed by atoms with Crippen LogP contribution in [0.25, 0.3) is 0 Å². The molecule has 2 N–H and O–H groups in total. The first-order valence-corrected chi connectivity index (χ1v) is 19.1. The average Bonchev–Trinajstić information content (AvgIpc) is 3.56. The van der Waals surface area contributed by atoms with E-state index in [0.717, 1.165) is 16.1 Å². The van der Waals surface area contributed by atoms with E-state index in [1.165, 1.54) is 11.0 Å². The first-order valence-electron chi connectivity index (χ1n) is 17.9. The van der Waals surface area contributed by atoms with E-state index in [1.54, 1.807) is 73.8 Å². The Morgan fingerprint density at radius 2 is 1.64 bits per heavy atom. The Balaban J connectivity index is 1.34. The van der Waals surface area contributed by atoms with Crippen LogP contribution in [0, 0.1) is 30.6 Å². The Morgan fingerprint density at radius 3 is 2.35 bits per heavy atom. The van der Waals surface area contributed by atoms with Gasteiger partial charge < -0.3 is 14.6 Å². The van der Waals surface area contributed by atoms with Gasteiger partial charge in [0.05, 0.1) is 53.3 Å². The number of benzene rings is 4. The number of anilines is 2. The molecule has 3 fully saturated rings. The molecule has 4 aromatic rings. The molecular formula is C42H36Cl3N3O7. The van der Waals surface area contributed by atoms with Gasteiger partial charge in [-0.3, -0.25) is 24.6 Å². The third-order valence-corrected chi connectivity index (χ3v) is 12.5. The summed E-state index contributed by atoms with van der Waals surface area (Å²) in [7, 11) is 1.54. The number of para-hydroxylation sites is 1. The lowest BCUT2D eigenvalue weighted by Crippen LogP contribution is -2.53. The molecule has 2 saturated heterocycles. The molecule has 6 unspecified atom stereocenters. The van der Waals surface area contributed by atoms with Crippen molar-refractivity contribution in [3.05, 3.63) is 128 Å². The number of rotatable bonds is 9. The van der Waals surface area contributed by atoms with Crippen molar-refractivity contribution < 1.29 is 33.8 Å². The van der Waals surface area contributed by atoms with Crippen LogP contribution in [-0.2, 0) is 24.6 Å². The molecule has 282 valence electrons. The maximum atomic E-state index is 15.5. The number of aryl methyl sites for hydroxylation is 1.